The van der Waals surface area contributed by atoms with E-state index in [1.54, 1.807) is 26.2 Å². The Bertz CT molecular complexity index is 623. The van der Waals surface area contributed by atoms with Crippen molar-refractivity contribution < 1.29 is 13.9 Å². The number of carbonyl (C=O) groups excluding carboxylic acids is 1. The van der Waals surface area contributed by atoms with Crippen molar-refractivity contribution in [2.24, 2.45) is 7.05 Å². The van der Waals surface area contributed by atoms with Gasteiger partial charge in [-0.15, -0.1) is 0 Å². The molecule has 0 radical (unpaired) electrons. The van der Waals surface area contributed by atoms with Crippen LogP contribution in [-0.2, 0) is 7.05 Å². The molecule has 0 bridgehead atoms. The minimum Gasteiger partial charge on any atom is -0.492 e. The second-order valence-electron chi connectivity index (χ2n) is 4.18. The predicted molar refractivity (Wildman–Crippen MR) is 80.2 cm³/mol. The highest BCUT2D eigenvalue weighted by Gasteiger charge is 2.15. The Hall–Kier alpha value is -2.37. The number of methoxy groups -OCH3 is 1. The zero-order valence-corrected chi connectivity index (χ0v) is 12.9. The molecule has 6 heteroatoms. The van der Waals surface area contributed by atoms with Gasteiger partial charge in [-0.05, 0) is 24.6 Å². The molecule has 2 aromatic rings. The van der Waals surface area contributed by atoms with Crippen LogP contribution in [0.15, 0.2) is 24.5 Å². The second-order valence-corrected chi connectivity index (χ2v) is 4.18. The number of nitrogens with zero attached hydrogens (tertiary/aromatic N) is 2. The quantitative estimate of drug-likeness (QED) is 0.945. The third-order valence-electron chi connectivity index (χ3n) is 2.61. The van der Waals surface area contributed by atoms with E-state index < -0.39 is 5.82 Å². The second kappa shape index (κ2) is 7.42. The van der Waals surface area contributed by atoms with E-state index in [1.807, 2.05) is 13.8 Å². The van der Waals surface area contributed by atoms with Gasteiger partial charge in [-0.3, -0.25) is 9.48 Å². The van der Waals surface area contributed by atoms with E-state index in [1.165, 1.54) is 24.1 Å². The van der Waals surface area contributed by atoms with Gasteiger partial charge in [-0.1, -0.05) is 13.8 Å². The average molecular weight is 293 g/mol. The van der Waals surface area contributed by atoms with Crippen LogP contribution in [0.3, 0.4) is 0 Å². The van der Waals surface area contributed by atoms with Crippen LogP contribution in [0.4, 0.5) is 10.1 Å². The first-order valence-corrected chi connectivity index (χ1v) is 6.65. The summed E-state index contributed by atoms with van der Waals surface area (Å²) >= 11 is 0. The summed E-state index contributed by atoms with van der Waals surface area (Å²) in [4.78, 5) is 12.0. The van der Waals surface area contributed by atoms with Crippen LogP contribution in [0, 0.1) is 12.7 Å². The standard InChI is InChI=1S/C13H14FN3O2.C2H6/c1-8-4-10(14)12(19-3)11(5-8)16-13(18)9-6-15-17(2)7-9;1-2/h4-7H,1-3H3,(H,16,18);1-2H3. The lowest BCUT2D eigenvalue weighted by Gasteiger charge is -2.11. The highest BCUT2D eigenvalue weighted by molar-refractivity contribution is 6.04. The molecule has 2 rings (SSSR count). The molecule has 0 aliphatic rings. The number of carbonyl (C=O) groups is 1. The molecule has 1 heterocycles. The fraction of sp³-hybridized carbons (Fsp3) is 0.333. The smallest absolute Gasteiger partial charge is 0.258 e. The molecule has 0 atom stereocenters. The van der Waals surface area contributed by atoms with Crippen LogP contribution in [0.25, 0.3) is 0 Å². The monoisotopic (exact) mass is 293 g/mol. The van der Waals surface area contributed by atoms with E-state index in [-0.39, 0.29) is 11.7 Å². The van der Waals surface area contributed by atoms with Gasteiger partial charge in [-0.2, -0.15) is 5.10 Å². The Morgan fingerprint density at radius 1 is 1.38 bits per heavy atom. The normalized spacial score (nSPS) is 9.62. The molecule has 0 unspecified atom stereocenters. The Labute approximate surface area is 123 Å². The first-order valence-electron chi connectivity index (χ1n) is 6.65. The van der Waals surface area contributed by atoms with Crippen LogP contribution in [0.2, 0.25) is 0 Å². The number of hydrogen-bond donors (Lipinski definition) is 1. The summed E-state index contributed by atoms with van der Waals surface area (Å²) in [5.74, 6) is -0.858. The number of halogens is 1. The van der Waals surface area contributed by atoms with Crippen molar-refractivity contribution >= 4 is 11.6 Å². The molecule has 1 N–H and O–H groups in total. The number of aryl methyl sites for hydroxylation is 2. The maximum Gasteiger partial charge on any atom is 0.258 e. The lowest BCUT2D eigenvalue weighted by Crippen LogP contribution is -2.12. The zero-order chi connectivity index (χ0) is 16.0. The fourth-order valence-corrected chi connectivity index (χ4v) is 1.76. The van der Waals surface area contributed by atoms with Crippen molar-refractivity contribution in [3.8, 4) is 5.75 Å². The molecule has 0 fully saturated rings. The Kier molecular flexibility index (Phi) is 5.90. The number of anilines is 1. The minimum absolute atomic E-state index is 0.0165. The van der Waals surface area contributed by atoms with Crippen molar-refractivity contribution in [2.75, 3.05) is 12.4 Å². The lowest BCUT2D eigenvalue weighted by molar-refractivity contribution is 0.102. The molecule has 1 aromatic heterocycles. The molecular formula is C15H20FN3O2. The van der Waals surface area contributed by atoms with Gasteiger partial charge in [0.15, 0.2) is 11.6 Å². The van der Waals surface area contributed by atoms with E-state index in [2.05, 4.69) is 10.4 Å². The van der Waals surface area contributed by atoms with Crippen molar-refractivity contribution in [1.82, 2.24) is 9.78 Å². The van der Waals surface area contributed by atoms with Gasteiger partial charge in [0, 0.05) is 13.2 Å². The maximum absolute atomic E-state index is 13.7. The number of benzene rings is 1. The van der Waals surface area contributed by atoms with Crippen LogP contribution >= 0.6 is 0 Å². The minimum atomic E-state index is -0.510. The molecule has 0 aliphatic heterocycles. The Morgan fingerprint density at radius 2 is 2.05 bits per heavy atom. The number of ether oxygens (including phenoxy) is 1. The van der Waals surface area contributed by atoms with Gasteiger partial charge in [-0.25, -0.2) is 4.39 Å². The highest BCUT2D eigenvalue weighted by atomic mass is 19.1. The number of hydrogen-bond acceptors (Lipinski definition) is 3. The molecule has 1 amide bonds. The molecule has 1 aromatic carbocycles. The maximum atomic E-state index is 13.7. The van der Waals surface area contributed by atoms with Gasteiger partial charge in [0.25, 0.3) is 5.91 Å². The van der Waals surface area contributed by atoms with Crippen LogP contribution in [-0.4, -0.2) is 22.8 Å². The highest BCUT2D eigenvalue weighted by Crippen LogP contribution is 2.29. The van der Waals surface area contributed by atoms with Crippen LogP contribution in [0.1, 0.15) is 29.8 Å². The van der Waals surface area contributed by atoms with E-state index >= 15 is 0 Å². The largest absolute Gasteiger partial charge is 0.492 e. The zero-order valence-electron chi connectivity index (χ0n) is 12.9. The molecular weight excluding hydrogens is 273 g/mol. The molecule has 21 heavy (non-hydrogen) atoms. The van der Waals surface area contributed by atoms with Crippen molar-refractivity contribution in [2.45, 2.75) is 20.8 Å². The molecule has 0 saturated carbocycles. The van der Waals surface area contributed by atoms with Gasteiger partial charge in [0.05, 0.1) is 24.6 Å². The number of nitrogens with one attached hydrogen (secondary N) is 1. The lowest BCUT2D eigenvalue weighted by atomic mass is 10.2. The third kappa shape index (κ3) is 4.05. The van der Waals surface area contributed by atoms with E-state index in [4.69, 9.17) is 4.74 Å². The first-order chi connectivity index (χ1) is 10.0. The molecule has 0 aliphatic carbocycles. The summed E-state index contributed by atoms with van der Waals surface area (Å²) in [5, 5.41) is 6.52. The predicted octanol–water partition coefficient (Wildman–Crippen LogP) is 3.15. The molecule has 114 valence electrons. The average Bonchev–Trinajstić information content (AvgIpc) is 2.87. The van der Waals surface area contributed by atoms with Gasteiger partial charge >= 0.3 is 0 Å². The number of rotatable bonds is 3. The summed E-state index contributed by atoms with van der Waals surface area (Å²) in [5.41, 5.74) is 1.39. The molecule has 5 nitrogen and oxygen atoms in total. The summed E-state index contributed by atoms with van der Waals surface area (Å²) in [6.07, 6.45) is 3.02. The van der Waals surface area contributed by atoms with Crippen molar-refractivity contribution in [1.29, 1.82) is 0 Å². The number of aromatic nitrogens is 2. The van der Waals surface area contributed by atoms with Crippen LogP contribution in [0.5, 0.6) is 5.75 Å². The van der Waals surface area contributed by atoms with Gasteiger partial charge < -0.3 is 10.1 Å². The van der Waals surface area contributed by atoms with Crippen molar-refractivity contribution in [3.05, 3.63) is 41.5 Å². The third-order valence-corrected chi connectivity index (χ3v) is 2.61. The van der Waals surface area contributed by atoms with E-state index in [0.29, 0.717) is 16.8 Å². The van der Waals surface area contributed by atoms with Gasteiger partial charge in [0.2, 0.25) is 0 Å². The SMILES string of the molecule is CC.COc1c(F)cc(C)cc1NC(=O)c1cnn(C)c1. The molecule has 0 spiro atoms. The summed E-state index contributed by atoms with van der Waals surface area (Å²) in [7, 11) is 3.07. The number of amides is 1. The summed E-state index contributed by atoms with van der Waals surface area (Å²) in [6, 6.07) is 2.99. The van der Waals surface area contributed by atoms with Crippen molar-refractivity contribution in [3.63, 3.8) is 0 Å². The summed E-state index contributed by atoms with van der Waals surface area (Å²) < 4.78 is 20.2. The Morgan fingerprint density at radius 3 is 2.57 bits per heavy atom. The fourth-order valence-electron chi connectivity index (χ4n) is 1.76. The first kappa shape index (κ1) is 16.7. The molecule has 0 saturated heterocycles. The Balaban J connectivity index is 0.00000106. The van der Waals surface area contributed by atoms with Gasteiger partial charge in [0.1, 0.15) is 0 Å². The topological polar surface area (TPSA) is 56.1 Å². The summed E-state index contributed by atoms with van der Waals surface area (Å²) in [6.45, 7) is 5.74. The van der Waals surface area contributed by atoms with E-state index in [0.717, 1.165) is 0 Å². The van der Waals surface area contributed by atoms with E-state index in [9.17, 15) is 9.18 Å². The van der Waals surface area contributed by atoms with Crippen LogP contribution < -0.4 is 10.1 Å².